The van der Waals surface area contributed by atoms with Gasteiger partial charge in [-0.25, -0.2) is 0 Å². The standard InChI is InChI=1S/C11H19NO3S2/c13-17(14,15)16-11-7-3-1-2-4-8-12-9-5-6-10-12/h5-6,9-10H,1-4,7-8,11H2,(H,13,14,15). The van der Waals surface area contributed by atoms with Gasteiger partial charge in [0.05, 0.1) is 0 Å². The van der Waals surface area contributed by atoms with Gasteiger partial charge in [-0.1, -0.05) is 19.3 Å². The number of nitrogens with zero attached hydrogens (tertiary/aromatic N) is 1. The van der Waals surface area contributed by atoms with Gasteiger partial charge in [0, 0.05) is 24.7 Å². The van der Waals surface area contributed by atoms with Gasteiger partial charge >= 0.3 is 9.15 Å². The van der Waals surface area contributed by atoms with Crippen molar-refractivity contribution < 1.29 is 13.0 Å². The Hall–Kier alpha value is -0.460. The molecular weight excluding hydrogens is 258 g/mol. The van der Waals surface area contributed by atoms with Gasteiger partial charge < -0.3 is 4.57 Å². The minimum absolute atomic E-state index is 0.483. The molecule has 0 saturated carbocycles. The predicted molar refractivity (Wildman–Crippen MR) is 71.5 cm³/mol. The molecule has 0 aromatic carbocycles. The van der Waals surface area contributed by atoms with Crippen molar-refractivity contribution in [2.45, 2.75) is 38.6 Å². The maximum Gasteiger partial charge on any atom is 0.319 e. The van der Waals surface area contributed by atoms with Crippen molar-refractivity contribution in [3.63, 3.8) is 0 Å². The summed E-state index contributed by atoms with van der Waals surface area (Å²) in [6.07, 6.45) is 9.41. The molecule has 0 unspecified atom stereocenters. The number of hydrogen-bond acceptors (Lipinski definition) is 3. The van der Waals surface area contributed by atoms with Gasteiger partial charge in [-0.15, -0.1) is 0 Å². The van der Waals surface area contributed by atoms with E-state index in [9.17, 15) is 8.42 Å². The van der Waals surface area contributed by atoms with Crippen LogP contribution in [0.25, 0.3) is 0 Å². The molecule has 0 radical (unpaired) electrons. The summed E-state index contributed by atoms with van der Waals surface area (Å²) in [6.45, 7) is 1.05. The Bertz CT molecular complexity index is 387. The van der Waals surface area contributed by atoms with Gasteiger partial charge in [0.15, 0.2) is 0 Å². The second-order valence-corrected chi connectivity index (χ2v) is 7.41. The fourth-order valence-electron chi connectivity index (χ4n) is 1.61. The number of aryl methyl sites for hydroxylation is 1. The molecule has 4 nitrogen and oxygen atoms in total. The van der Waals surface area contributed by atoms with Crippen LogP contribution in [-0.4, -0.2) is 23.3 Å². The molecule has 0 aliphatic heterocycles. The second kappa shape index (κ2) is 7.79. The highest BCUT2D eigenvalue weighted by atomic mass is 33.1. The first kappa shape index (κ1) is 14.6. The minimum Gasteiger partial charge on any atom is -0.354 e. The van der Waals surface area contributed by atoms with Crippen LogP contribution >= 0.6 is 10.8 Å². The highest BCUT2D eigenvalue weighted by Gasteiger charge is 2.03. The third-order valence-corrected chi connectivity index (χ3v) is 4.61. The van der Waals surface area contributed by atoms with Crippen molar-refractivity contribution in [2.24, 2.45) is 0 Å². The molecular formula is C11H19NO3S2. The van der Waals surface area contributed by atoms with E-state index in [4.69, 9.17) is 4.55 Å². The molecule has 0 aliphatic carbocycles. The zero-order valence-electron chi connectivity index (χ0n) is 9.79. The van der Waals surface area contributed by atoms with Gasteiger partial charge in [0.2, 0.25) is 0 Å². The third kappa shape index (κ3) is 8.29. The Kier molecular flexibility index (Phi) is 6.69. The molecule has 1 aromatic heterocycles. The summed E-state index contributed by atoms with van der Waals surface area (Å²) >= 11 is 0. The van der Waals surface area contributed by atoms with Crippen LogP contribution in [0.4, 0.5) is 0 Å². The normalized spacial score (nSPS) is 11.8. The van der Waals surface area contributed by atoms with E-state index in [2.05, 4.69) is 17.0 Å². The van der Waals surface area contributed by atoms with Gasteiger partial charge in [-0.2, -0.15) is 8.42 Å². The summed E-state index contributed by atoms with van der Waals surface area (Å²) in [7, 11) is -3.22. The molecule has 0 saturated heterocycles. The number of aromatic nitrogens is 1. The van der Waals surface area contributed by atoms with Crippen molar-refractivity contribution in [3.8, 4) is 0 Å². The summed E-state index contributed by atoms with van der Waals surface area (Å²) < 4.78 is 31.5. The van der Waals surface area contributed by atoms with Crippen molar-refractivity contribution >= 4 is 19.9 Å². The Balaban J connectivity index is 1.88. The zero-order valence-corrected chi connectivity index (χ0v) is 11.4. The van der Waals surface area contributed by atoms with Crippen LogP contribution in [0.2, 0.25) is 0 Å². The Morgan fingerprint density at radius 2 is 1.59 bits per heavy atom. The summed E-state index contributed by atoms with van der Waals surface area (Å²) in [5.41, 5.74) is 0. The summed E-state index contributed by atoms with van der Waals surface area (Å²) in [4.78, 5) is 0. The molecule has 0 fully saturated rings. The average molecular weight is 277 g/mol. The van der Waals surface area contributed by atoms with Crippen LogP contribution in [-0.2, 0) is 15.7 Å². The van der Waals surface area contributed by atoms with Crippen LogP contribution in [0.5, 0.6) is 0 Å². The van der Waals surface area contributed by atoms with Crippen molar-refractivity contribution in [3.05, 3.63) is 24.5 Å². The van der Waals surface area contributed by atoms with Gasteiger partial charge in [-0.05, 0) is 35.8 Å². The largest absolute Gasteiger partial charge is 0.354 e. The SMILES string of the molecule is O=S(=O)(O)SCCCCCCCn1cccc1. The average Bonchev–Trinajstić information content (AvgIpc) is 2.73. The van der Waals surface area contributed by atoms with Crippen LogP contribution in [0.3, 0.4) is 0 Å². The van der Waals surface area contributed by atoms with E-state index in [0.717, 1.165) is 38.6 Å². The Morgan fingerprint density at radius 1 is 1.00 bits per heavy atom. The second-order valence-electron chi connectivity index (χ2n) is 3.94. The van der Waals surface area contributed by atoms with E-state index in [1.807, 2.05) is 12.1 Å². The van der Waals surface area contributed by atoms with Gasteiger partial charge in [0.25, 0.3) is 0 Å². The molecule has 1 rings (SSSR count). The van der Waals surface area contributed by atoms with E-state index in [-0.39, 0.29) is 0 Å². The smallest absolute Gasteiger partial charge is 0.319 e. The first-order chi connectivity index (χ1) is 8.08. The quantitative estimate of drug-likeness (QED) is 0.428. The fraction of sp³-hybridized carbons (Fsp3) is 0.636. The lowest BCUT2D eigenvalue weighted by molar-refractivity contribution is 0.503. The predicted octanol–water partition coefficient (Wildman–Crippen LogP) is 2.97. The molecule has 1 aromatic rings. The molecule has 0 bridgehead atoms. The Labute approximate surface area is 107 Å². The summed E-state index contributed by atoms with van der Waals surface area (Å²) in [6, 6.07) is 4.04. The van der Waals surface area contributed by atoms with E-state index >= 15 is 0 Å². The number of hydrogen-bond donors (Lipinski definition) is 1. The molecule has 6 heteroatoms. The molecule has 0 aliphatic rings. The Morgan fingerprint density at radius 3 is 2.24 bits per heavy atom. The van der Waals surface area contributed by atoms with Crippen molar-refractivity contribution in [1.82, 2.24) is 4.57 Å². The molecule has 17 heavy (non-hydrogen) atoms. The molecule has 0 atom stereocenters. The summed E-state index contributed by atoms with van der Waals surface area (Å²) in [5.74, 6) is 0.483. The lowest BCUT2D eigenvalue weighted by Gasteiger charge is -2.03. The van der Waals surface area contributed by atoms with Crippen LogP contribution < -0.4 is 0 Å². The first-order valence-electron chi connectivity index (χ1n) is 5.80. The lowest BCUT2D eigenvalue weighted by Crippen LogP contribution is -1.94. The van der Waals surface area contributed by atoms with Gasteiger partial charge in [-0.3, -0.25) is 4.55 Å². The molecule has 98 valence electrons. The first-order valence-corrected chi connectivity index (χ1v) is 8.75. The van der Waals surface area contributed by atoms with Crippen molar-refractivity contribution in [1.29, 1.82) is 0 Å². The lowest BCUT2D eigenvalue weighted by atomic mass is 10.1. The van der Waals surface area contributed by atoms with E-state index in [0.29, 0.717) is 16.5 Å². The topological polar surface area (TPSA) is 59.3 Å². The van der Waals surface area contributed by atoms with Crippen LogP contribution in [0.15, 0.2) is 24.5 Å². The molecule has 0 spiro atoms. The van der Waals surface area contributed by atoms with Crippen molar-refractivity contribution in [2.75, 3.05) is 5.75 Å². The van der Waals surface area contributed by atoms with Crippen LogP contribution in [0.1, 0.15) is 32.1 Å². The number of rotatable bonds is 9. The van der Waals surface area contributed by atoms with E-state index in [1.165, 1.54) is 0 Å². The number of unbranched alkanes of at least 4 members (excludes halogenated alkanes) is 4. The molecule has 0 amide bonds. The highest BCUT2D eigenvalue weighted by Crippen LogP contribution is 2.13. The fourth-order valence-corrected chi connectivity index (χ4v) is 3.13. The molecule has 1 N–H and O–H groups in total. The minimum atomic E-state index is -3.84. The van der Waals surface area contributed by atoms with E-state index in [1.54, 1.807) is 0 Å². The monoisotopic (exact) mass is 277 g/mol. The van der Waals surface area contributed by atoms with Gasteiger partial charge in [0.1, 0.15) is 0 Å². The maximum atomic E-state index is 10.4. The summed E-state index contributed by atoms with van der Waals surface area (Å²) in [5, 5.41) is 0. The maximum absolute atomic E-state index is 10.4. The zero-order chi connectivity index (χ0) is 12.6. The van der Waals surface area contributed by atoms with E-state index < -0.39 is 9.15 Å². The van der Waals surface area contributed by atoms with Crippen LogP contribution in [0, 0.1) is 0 Å². The molecule has 1 heterocycles. The third-order valence-electron chi connectivity index (χ3n) is 2.46. The highest BCUT2D eigenvalue weighted by molar-refractivity contribution is 8.69.